The first-order valence-corrected chi connectivity index (χ1v) is 8.90. The first kappa shape index (κ1) is 16.9. The maximum Gasteiger partial charge on any atom is 0.258 e. The number of carbonyl (C=O) groups excluding carboxylic acids is 1. The number of fused-ring (bicyclic) bond motifs is 1. The average Bonchev–Trinajstić information content (AvgIpc) is 3.09. The highest BCUT2D eigenvalue weighted by Gasteiger charge is 2.17. The molecule has 0 aliphatic carbocycles. The molecule has 0 bridgehead atoms. The largest absolute Gasteiger partial charge is 0.454 e. The number of aromatic nitrogens is 1. The number of benzene rings is 2. The first-order valence-electron chi connectivity index (χ1n) is 7.73. The van der Waals surface area contributed by atoms with Crippen molar-refractivity contribution in [2.75, 3.05) is 12.1 Å². The third-order valence-electron chi connectivity index (χ3n) is 3.90. The Balaban J connectivity index is 1.56. The number of ether oxygens (including phenoxy) is 2. The van der Waals surface area contributed by atoms with Crippen molar-refractivity contribution >= 4 is 39.3 Å². The highest BCUT2D eigenvalue weighted by Crippen LogP contribution is 2.41. The van der Waals surface area contributed by atoms with Gasteiger partial charge in [0.1, 0.15) is 5.82 Å². The van der Waals surface area contributed by atoms with Crippen LogP contribution in [-0.4, -0.2) is 17.7 Å². The van der Waals surface area contributed by atoms with E-state index in [2.05, 4.69) is 26.2 Å². The standard InChI is InChI=1S/C19H12BrClN2O3/c20-14-8-17-16(25-10-26-17)7-13(14)11-5-6-18(22-9-11)23-19(24)12-3-1-2-4-15(12)21/h1-9H,10H2,(H,22,23,24). The molecule has 7 heteroatoms. The van der Waals surface area contributed by atoms with Gasteiger partial charge < -0.3 is 14.8 Å². The Labute approximate surface area is 163 Å². The van der Waals surface area contributed by atoms with Gasteiger partial charge in [0.2, 0.25) is 6.79 Å². The molecule has 0 unspecified atom stereocenters. The molecule has 1 N–H and O–H groups in total. The van der Waals surface area contributed by atoms with E-state index in [0.717, 1.165) is 15.6 Å². The van der Waals surface area contributed by atoms with E-state index in [0.29, 0.717) is 27.9 Å². The zero-order valence-electron chi connectivity index (χ0n) is 13.3. The molecule has 1 aliphatic heterocycles. The lowest BCUT2D eigenvalue weighted by molar-refractivity contribution is 0.102. The number of hydrogen-bond donors (Lipinski definition) is 1. The molecule has 0 saturated carbocycles. The molecule has 0 spiro atoms. The summed E-state index contributed by atoms with van der Waals surface area (Å²) in [6, 6.07) is 14.2. The number of nitrogens with zero attached hydrogens (tertiary/aromatic N) is 1. The lowest BCUT2D eigenvalue weighted by Crippen LogP contribution is -2.13. The molecular formula is C19H12BrClN2O3. The Bertz CT molecular complexity index is 993. The van der Waals surface area contributed by atoms with Gasteiger partial charge in [-0.15, -0.1) is 0 Å². The lowest BCUT2D eigenvalue weighted by Gasteiger charge is -2.09. The minimum absolute atomic E-state index is 0.219. The van der Waals surface area contributed by atoms with E-state index in [-0.39, 0.29) is 12.7 Å². The van der Waals surface area contributed by atoms with Crippen LogP contribution in [-0.2, 0) is 0 Å². The first-order chi connectivity index (χ1) is 12.6. The molecule has 2 aromatic carbocycles. The fourth-order valence-corrected chi connectivity index (χ4v) is 3.37. The Hall–Kier alpha value is -2.57. The molecule has 1 aliphatic rings. The van der Waals surface area contributed by atoms with E-state index in [9.17, 15) is 4.79 Å². The van der Waals surface area contributed by atoms with Gasteiger partial charge >= 0.3 is 0 Å². The predicted molar refractivity (Wildman–Crippen MR) is 103 cm³/mol. The van der Waals surface area contributed by atoms with Gasteiger partial charge in [-0.2, -0.15) is 0 Å². The summed E-state index contributed by atoms with van der Waals surface area (Å²) in [5.41, 5.74) is 2.20. The number of rotatable bonds is 3. The van der Waals surface area contributed by atoms with E-state index in [4.69, 9.17) is 21.1 Å². The fourth-order valence-electron chi connectivity index (χ4n) is 2.59. The molecule has 2 heterocycles. The molecule has 0 atom stereocenters. The van der Waals surface area contributed by atoms with Crippen molar-refractivity contribution in [1.82, 2.24) is 4.98 Å². The average molecular weight is 432 g/mol. The van der Waals surface area contributed by atoms with Crippen molar-refractivity contribution in [3.63, 3.8) is 0 Å². The number of hydrogen-bond acceptors (Lipinski definition) is 4. The zero-order chi connectivity index (χ0) is 18.1. The summed E-state index contributed by atoms with van der Waals surface area (Å²) in [6.45, 7) is 0.219. The van der Waals surface area contributed by atoms with E-state index < -0.39 is 0 Å². The third-order valence-corrected chi connectivity index (χ3v) is 4.88. The van der Waals surface area contributed by atoms with Crippen LogP contribution in [0.1, 0.15) is 10.4 Å². The zero-order valence-corrected chi connectivity index (χ0v) is 15.7. The molecule has 4 rings (SSSR count). The van der Waals surface area contributed by atoms with Gasteiger partial charge in [-0.25, -0.2) is 4.98 Å². The minimum atomic E-state index is -0.305. The Morgan fingerprint density at radius 2 is 1.88 bits per heavy atom. The summed E-state index contributed by atoms with van der Waals surface area (Å²) in [7, 11) is 0. The fraction of sp³-hybridized carbons (Fsp3) is 0.0526. The van der Waals surface area contributed by atoms with Crippen LogP contribution in [0.15, 0.2) is 59.2 Å². The SMILES string of the molecule is O=C(Nc1ccc(-c2cc3c(cc2Br)OCO3)cn1)c1ccccc1Cl. The molecule has 5 nitrogen and oxygen atoms in total. The number of carbonyl (C=O) groups is 1. The van der Waals surface area contributed by atoms with E-state index in [1.165, 1.54) is 0 Å². The van der Waals surface area contributed by atoms with Crippen LogP contribution in [0.3, 0.4) is 0 Å². The van der Waals surface area contributed by atoms with Crippen molar-refractivity contribution in [3.8, 4) is 22.6 Å². The monoisotopic (exact) mass is 430 g/mol. The predicted octanol–water partition coefficient (Wildman–Crippen LogP) is 5.15. The second-order valence-corrected chi connectivity index (χ2v) is 6.81. The highest BCUT2D eigenvalue weighted by molar-refractivity contribution is 9.10. The van der Waals surface area contributed by atoms with Crippen LogP contribution in [0.4, 0.5) is 5.82 Å². The summed E-state index contributed by atoms with van der Waals surface area (Å²) >= 11 is 9.58. The van der Waals surface area contributed by atoms with Crippen LogP contribution < -0.4 is 14.8 Å². The molecule has 1 aromatic heterocycles. The Kier molecular flexibility index (Phi) is 4.53. The summed E-state index contributed by atoms with van der Waals surface area (Å²) in [6.07, 6.45) is 1.69. The highest BCUT2D eigenvalue weighted by atomic mass is 79.9. The molecular weight excluding hydrogens is 420 g/mol. The molecule has 130 valence electrons. The third kappa shape index (κ3) is 3.25. The number of halogens is 2. The van der Waals surface area contributed by atoms with Crippen LogP contribution in [0, 0.1) is 0 Å². The minimum Gasteiger partial charge on any atom is -0.454 e. The number of pyridine rings is 1. The van der Waals surface area contributed by atoms with Crippen molar-refractivity contribution in [2.24, 2.45) is 0 Å². The normalized spacial score (nSPS) is 12.1. The van der Waals surface area contributed by atoms with Crippen LogP contribution >= 0.6 is 27.5 Å². The summed E-state index contributed by atoms with van der Waals surface area (Å²) in [5.74, 6) is 1.53. The van der Waals surface area contributed by atoms with Crippen LogP contribution in [0.5, 0.6) is 11.5 Å². The van der Waals surface area contributed by atoms with Gasteiger partial charge in [-0.3, -0.25) is 4.79 Å². The van der Waals surface area contributed by atoms with Crippen molar-refractivity contribution < 1.29 is 14.3 Å². The van der Waals surface area contributed by atoms with Gasteiger partial charge in [0.15, 0.2) is 11.5 Å². The Morgan fingerprint density at radius 1 is 1.12 bits per heavy atom. The Morgan fingerprint density at radius 3 is 2.62 bits per heavy atom. The van der Waals surface area contributed by atoms with Gasteiger partial charge in [0.05, 0.1) is 10.6 Å². The molecule has 1 amide bonds. The van der Waals surface area contributed by atoms with Gasteiger partial charge in [-0.05, 0) is 36.4 Å². The molecule has 0 fully saturated rings. The molecule has 0 radical (unpaired) electrons. The maximum absolute atomic E-state index is 12.3. The lowest BCUT2D eigenvalue weighted by atomic mass is 10.1. The van der Waals surface area contributed by atoms with Gasteiger partial charge in [0, 0.05) is 21.8 Å². The van der Waals surface area contributed by atoms with Crippen LogP contribution in [0.2, 0.25) is 5.02 Å². The van der Waals surface area contributed by atoms with Crippen molar-refractivity contribution in [2.45, 2.75) is 0 Å². The summed E-state index contributed by atoms with van der Waals surface area (Å²) in [4.78, 5) is 16.6. The second kappa shape index (κ2) is 6.97. The van der Waals surface area contributed by atoms with E-state index >= 15 is 0 Å². The maximum atomic E-state index is 12.3. The van der Waals surface area contributed by atoms with Gasteiger partial charge in [-0.1, -0.05) is 39.7 Å². The smallest absolute Gasteiger partial charge is 0.258 e. The summed E-state index contributed by atoms with van der Waals surface area (Å²) in [5, 5.41) is 3.14. The quantitative estimate of drug-likeness (QED) is 0.623. The number of nitrogens with one attached hydrogen (secondary N) is 1. The summed E-state index contributed by atoms with van der Waals surface area (Å²) < 4.78 is 11.6. The van der Waals surface area contributed by atoms with Crippen LogP contribution in [0.25, 0.3) is 11.1 Å². The molecule has 3 aromatic rings. The van der Waals surface area contributed by atoms with E-state index in [1.807, 2.05) is 18.2 Å². The molecule has 26 heavy (non-hydrogen) atoms. The number of anilines is 1. The molecule has 0 saturated heterocycles. The van der Waals surface area contributed by atoms with Gasteiger partial charge in [0.25, 0.3) is 5.91 Å². The topological polar surface area (TPSA) is 60.5 Å². The second-order valence-electron chi connectivity index (χ2n) is 5.55. The van der Waals surface area contributed by atoms with Crippen molar-refractivity contribution in [3.05, 3.63) is 69.8 Å². The van der Waals surface area contributed by atoms with E-state index in [1.54, 1.807) is 36.5 Å². The number of amides is 1. The van der Waals surface area contributed by atoms with Crippen molar-refractivity contribution in [1.29, 1.82) is 0 Å².